The first-order valence-electron chi connectivity index (χ1n) is 8.61. The van der Waals surface area contributed by atoms with Crippen LogP contribution in [0.3, 0.4) is 0 Å². The SMILES string of the molecule is CC1=CNC(O)C(C(=CN)C(=O)N2CC3CC3(c3ccc(Cl)cc3)C2)=N1. The first-order chi connectivity index (χ1) is 12.4. The van der Waals surface area contributed by atoms with Crippen LogP contribution in [0.5, 0.6) is 0 Å². The molecule has 7 heteroatoms. The van der Waals surface area contributed by atoms with Crippen molar-refractivity contribution in [2.24, 2.45) is 16.6 Å². The molecule has 2 fully saturated rings. The molecule has 0 spiro atoms. The Morgan fingerprint density at radius 1 is 1.46 bits per heavy atom. The Hall–Kier alpha value is -2.31. The van der Waals surface area contributed by atoms with Gasteiger partial charge < -0.3 is 21.1 Å². The van der Waals surface area contributed by atoms with E-state index in [4.69, 9.17) is 17.3 Å². The largest absolute Gasteiger partial charge is 0.404 e. The smallest absolute Gasteiger partial charge is 0.257 e. The number of hydrogen-bond donors (Lipinski definition) is 3. The molecule has 4 rings (SSSR count). The molecule has 1 aromatic rings. The Morgan fingerprint density at radius 3 is 2.88 bits per heavy atom. The summed E-state index contributed by atoms with van der Waals surface area (Å²) in [5.41, 5.74) is 8.14. The zero-order chi connectivity index (χ0) is 18.5. The fourth-order valence-corrected chi connectivity index (χ4v) is 4.20. The zero-order valence-electron chi connectivity index (χ0n) is 14.4. The molecule has 1 aromatic carbocycles. The second-order valence-corrected chi connectivity index (χ2v) is 7.62. The van der Waals surface area contributed by atoms with E-state index in [2.05, 4.69) is 10.3 Å². The van der Waals surface area contributed by atoms with E-state index in [0.717, 1.165) is 6.42 Å². The molecule has 136 valence electrons. The molecule has 6 nitrogen and oxygen atoms in total. The van der Waals surface area contributed by atoms with Crippen molar-refractivity contribution < 1.29 is 9.90 Å². The summed E-state index contributed by atoms with van der Waals surface area (Å²) in [4.78, 5) is 19.1. The van der Waals surface area contributed by atoms with E-state index in [-0.39, 0.29) is 22.6 Å². The number of carbonyl (C=O) groups is 1. The zero-order valence-corrected chi connectivity index (χ0v) is 15.2. The van der Waals surface area contributed by atoms with Crippen LogP contribution in [0.1, 0.15) is 18.9 Å². The van der Waals surface area contributed by atoms with Crippen molar-refractivity contribution in [1.29, 1.82) is 0 Å². The van der Waals surface area contributed by atoms with Crippen LogP contribution >= 0.6 is 11.6 Å². The average molecular weight is 373 g/mol. The van der Waals surface area contributed by atoms with Crippen LogP contribution in [0.25, 0.3) is 0 Å². The van der Waals surface area contributed by atoms with Crippen molar-refractivity contribution in [3.63, 3.8) is 0 Å². The summed E-state index contributed by atoms with van der Waals surface area (Å²) in [5, 5.41) is 13.6. The number of halogens is 1. The molecule has 1 saturated carbocycles. The van der Waals surface area contributed by atoms with Crippen LogP contribution in [-0.4, -0.2) is 40.9 Å². The molecule has 1 saturated heterocycles. The Morgan fingerprint density at radius 2 is 2.19 bits per heavy atom. The quantitative estimate of drug-likeness (QED) is 0.701. The minimum absolute atomic E-state index is 0.0149. The topological polar surface area (TPSA) is 90.9 Å². The van der Waals surface area contributed by atoms with E-state index in [1.807, 2.05) is 29.2 Å². The summed E-state index contributed by atoms with van der Waals surface area (Å²) in [6.45, 7) is 3.11. The fraction of sp³-hybridized carbons (Fsp3) is 0.368. The van der Waals surface area contributed by atoms with Gasteiger partial charge in [0.15, 0.2) is 6.23 Å². The lowest BCUT2D eigenvalue weighted by molar-refractivity contribution is -0.126. The maximum absolute atomic E-state index is 13.0. The van der Waals surface area contributed by atoms with Gasteiger partial charge >= 0.3 is 0 Å². The van der Waals surface area contributed by atoms with E-state index in [1.165, 1.54) is 11.8 Å². The first kappa shape index (κ1) is 17.1. The fourth-order valence-electron chi connectivity index (χ4n) is 4.07. The van der Waals surface area contributed by atoms with Gasteiger partial charge in [0, 0.05) is 35.9 Å². The Kier molecular flexibility index (Phi) is 4.04. The molecule has 3 atom stereocenters. The predicted octanol–water partition coefficient (Wildman–Crippen LogP) is 1.51. The lowest BCUT2D eigenvalue weighted by atomic mass is 9.95. The summed E-state index contributed by atoms with van der Waals surface area (Å²) in [6.07, 6.45) is 2.88. The van der Waals surface area contributed by atoms with E-state index in [0.29, 0.717) is 29.7 Å². The van der Waals surface area contributed by atoms with Gasteiger partial charge in [0.05, 0.1) is 11.3 Å². The molecule has 1 amide bonds. The number of carbonyl (C=O) groups excluding carboxylic acids is 1. The third-order valence-electron chi connectivity index (χ3n) is 5.53. The van der Waals surface area contributed by atoms with Crippen molar-refractivity contribution >= 4 is 23.2 Å². The van der Waals surface area contributed by atoms with Gasteiger partial charge in [0.25, 0.3) is 5.91 Å². The lowest BCUT2D eigenvalue weighted by Gasteiger charge is -2.25. The van der Waals surface area contributed by atoms with Gasteiger partial charge in [-0.1, -0.05) is 23.7 Å². The molecular formula is C19H21ClN4O2. The number of likely N-dealkylation sites (tertiary alicyclic amines) is 1. The summed E-state index contributed by atoms with van der Waals surface area (Å²) >= 11 is 6.00. The van der Waals surface area contributed by atoms with Crippen LogP contribution in [0.4, 0.5) is 0 Å². The minimum atomic E-state index is -1.04. The molecule has 3 unspecified atom stereocenters. The van der Waals surface area contributed by atoms with Crippen LogP contribution in [-0.2, 0) is 10.2 Å². The van der Waals surface area contributed by atoms with Gasteiger partial charge in [0.1, 0.15) is 5.71 Å². The standard InChI is InChI=1S/C19H21ClN4O2/c1-11-8-22-17(25)16(23-11)15(7-21)18(26)24-9-13-6-19(13,10-24)12-2-4-14(20)5-3-12/h2-5,7-8,13,17,22,25H,6,9-10,21H2,1H3. The Bertz CT molecular complexity index is 846. The molecule has 0 radical (unpaired) electrons. The molecule has 0 aromatic heterocycles. The number of aliphatic imine (C=N–C) groups is 1. The third-order valence-corrected chi connectivity index (χ3v) is 5.78. The average Bonchev–Trinajstić information content (AvgIpc) is 3.20. The van der Waals surface area contributed by atoms with E-state index in [9.17, 15) is 9.90 Å². The molecule has 26 heavy (non-hydrogen) atoms. The van der Waals surface area contributed by atoms with E-state index >= 15 is 0 Å². The van der Waals surface area contributed by atoms with Gasteiger partial charge in [-0.05, 0) is 37.0 Å². The number of nitrogens with one attached hydrogen (secondary N) is 1. The molecule has 2 heterocycles. The number of nitrogens with zero attached hydrogens (tertiary/aromatic N) is 2. The highest BCUT2D eigenvalue weighted by atomic mass is 35.5. The van der Waals surface area contributed by atoms with Crippen LogP contribution in [0.2, 0.25) is 5.02 Å². The highest BCUT2D eigenvalue weighted by molar-refractivity contribution is 6.30. The highest BCUT2D eigenvalue weighted by Crippen LogP contribution is 2.59. The van der Waals surface area contributed by atoms with Crippen molar-refractivity contribution in [3.05, 3.63) is 58.5 Å². The molecular weight excluding hydrogens is 352 g/mol. The Labute approximate surface area is 157 Å². The Balaban J connectivity index is 1.55. The molecule has 2 aliphatic heterocycles. The number of aliphatic hydroxyl groups is 1. The molecule has 0 bridgehead atoms. The number of rotatable bonds is 3. The van der Waals surface area contributed by atoms with Gasteiger partial charge in [-0.2, -0.15) is 0 Å². The second kappa shape index (κ2) is 6.14. The summed E-state index contributed by atoms with van der Waals surface area (Å²) in [7, 11) is 0. The minimum Gasteiger partial charge on any atom is -0.404 e. The van der Waals surface area contributed by atoms with E-state index in [1.54, 1.807) is 13.1 Å². The normalized spacial score (nSPS) is 30.3. The van der Waals surface area contributed by atoms with E-state index < -0.39 is 6.23 Å². The summed E-state index contributed by atoms with van der Waals surface area (Å²) in [6, 6.07) is 7.88. The molecule has 4 N–H and O–H groups in total. The third kappa shape index (κ3) is 2.70. The van der Waals surface area contributed by atoms with Crippen LogP contribution in [0, 0.1) is 5.92 Å². The number of amides is 1. The predicted molar refractivity (Wildman–Crippen MR) is 100 cm³/mol. The number of fused-ring (bicyclic) bond motifs is 1. The van der Waals surface area contributed by atoms with Crippen molar-refractivity contribution in [2.75, 3.05) is 13.1 Å². The number of benzene rings is 1. The molecule has 3 aliphatic rings. The van der Waals surface area contributed by atoms with Gasteiger partial charge in [-0.25, -0.2) is 0 Å². The highest BCUT2D eigenvalue weighted by Gasteiger charge is 2.61. The number of piperidine rings is 1. The number of aliphatic hydroxyl groups excluding tert-OH is 1. The number of nitrogens with two attached hydrogens (primary N) is 1. The molecule has 1 aliphatic carbocycles. The van der Waals surface area contributed by atoms with Gasteiger partial charge in [-0.15, -0.1) is 0 Å². The summed E-state index contributed by atoms with van der Waals surface area (Å²) in [5.74, 6) is 0.256. The monoisotopic (exact) mass is 372 g/mol. The van der Waals surface area contributed by atoms with Crippen molar-refractivity contribution in [3.8, 4) is 0 Å². The van der Waals surface area contributed by atoms with Gasteiger partial charge in [0.2, 0.25) is 0 Å². The number of hydrogen-bond acceptors (Lipinski definition) is 5. The van der Waals surface area contributed by atoms with Crippen LogP contribution < -0.4 is 11.1 Å². The lowest BCUT2D eigenvalue weighted by Crippen LogP contribution is -2.43. The number of allylic oxidation sites excluding steroid dienone is 1. The van der Waals surface area contributed by atoms with Crippen molar-refractivity contribution in [2.45, 2.75) is 25.0 Å². The van der Waals surface area contributed by atoms with Crippen molar-refractivity contribution in [1.82, 2.24) is 10.2 Å². The maximum Gasteiger partial charge on any atom is 0.257 e. The first-order valence-corrected chi connectivity index (χ1v) is 8.99. The van der Waals surface area contributed by atoms with Crippen LogP contribution in [0.15, 0.2) is 52.9 Å². The maximum atomic E-state index is 13.0. The van der Waals surface area contributed by atoms with Gasteiger partial charge in [-0.3, -0.25) is 9.79 Å². The second-order valence-electron chi connectivity index (χ2n) is 7.18. The summed E-state index contributed by atoms with van der Waals surface area (Å²) < 4.78 is 0.